The summed E-state index contributed by atoms with van der Waals surface area (Å²) in [4.78, 5) is 5.73. The lowest BCUT2D eigenvalue weighted by molar-refractivity contribution is 0.645. The molecule has 0 saturated carbocycles. The molecule has 0 spiro atoms. The number of thiophene rings is 1. The van der Waals surface area contributed by atoms with Crippen LogP contribution in [0.3, 0.4) is 0 Å². The summed E-state index contributed by atoms with van der Waals surface area (Å²) in [6.07, 6.45) is 8.08. The molecular weight excluding hydrogens is 400 g/mol. The third-order valence-corrected chi connectivity index (χ3v) is 6.68. The van der Waals surface area contributed by atoms with Crippen molar-refractivity contribution >= 4 is 60.5 Å². The largest absolute Gasteiger partial charge is 0.439 e. The molecule has 0 fully saturated rings. The van der Waals surface area contributed by atoms with E-state index >= 15 is 0 Å². The minimum absolute atomic E-state index is 0.869. The maximum Gasteiger partial charge on any atom is 0.213 e. The predicted octanol–water partition coefficient (Wildman–Crippen LogP) is 8.51. The van der Waals surface area contributed by atoms with Crippen molar-refractivity contribution < 1.29 is 4.42 Å². The second-order valence-electron chi connectivity index (χ2n) is 7.26. The van der Waals surface area contributed by atoms with Crippen LogP contribution < -0.4 is 0 Å². The van der Waals surface area contributed by atoms with Crippen LogP contribution >= 0.6 is 11.3 Å². The Morgan fingerprint density at radius 3 is 2.68 bits per heavy atom. The molecule has 31 heavy (non-hydrogen) atoms. The number of nitrogens with zero attached hydrogens (tertiary/aromatic N) is 2. The first-order valence-corrected chi connectivity index (χ1v) is 11.5. The number of allylic oxidation sites excluding steroid dienone is 1. The van der Waals surface area contributed by atoms with Crippen LogP contribution in [0.5, 0.6) is 0 Å². The van der Waals surface area contributed by atoms with Crippen molar-refractivity contribution in [2.24, 2.45) is 0 Å². The highest BCUT2D eigenvalue weighted by Crippen LogP contribution is 2.40. The summed E-state index contributed by atoms with van der Waals surface area (Å²) in [6.45, 7) is 8.25. The normalized spacial score (nSPS) is 11.7. The van der Waals surface area contributed by atoms with Gasteiger partial charge in [-0.25, -0.2) is 0 Å². The number of rotatable bonds is 2. The average Bonchev–Trinajstić information content (AvgIpc) is 3.43. The van der Waals surface area contributed by atoms with Gasteiger partial charge in [-0.3, -0.25) is 9.55 Å². The molecule has 6 aromatic rings. The Morgan fingerprint density at radius 1 is 1.00 bits per heavy atom. The van der Waals surface area contributed by atoms with Crippen LogP contribution in [0.4, 0.5) is 0 Å². The van der Waals surface area contributed by atoms with E-state index < -0.39 is 0 Å². The summed E-state index contributed by atoms with van der Waals surface area (Å²) in [5.74, 6) is 0. The first-order valence-electron chi connectivity index (χ1n) is 10.7. The van der Waals surface area contributed by atoms with E-state index in [4.69, 9.17) is 4.42 Å². The van der Waals surface area contributed by atoms with Gasteiger partial charge in [-0.1, -0.05) is 44.2 Å². The van der Waals surface area contributed by atoms with Crippen LogP contribution in [-0.2, 0) is 0 Å². The Balaban J connectivity index is 0.000000994. The molecule has 4 heteroatoms. The lowest BCUT2D eigenvalue weighted by Gasteiger charge is -2.06. The Kier molecular flexibility index (Phi) is 4.87. The molecule has 4 aromatic heterocycles. The number of fused-ring (bicyclic) bond motifs is 6. The molecule has 0 N–H and O–H groups in total. The van der Waals surface area contributed by atoms with E-state index in [1.54, 1.807) is 0 Å². The lowest BCUT2D eigenvalue weighted by atomic mass is 10.1. The van der Waals surface area contributed by atoms with Crippen molar-refractivity contribution in [3.63, 3.8) is 0 Å². The second-order valence-corrected chi connectivity index (χ2v) is 8.52. The maximum atomic E-state index is 6.34. The Morgan fingerprint density at radius 2 is 1.84 bits per heavy atom. The van der Waals surface area contributed by atoms with Gasteiger partial charge in [0.15, 0.2) is 0 Å². The van der Waals surface area contributed by atoms with Gasteiger partial charge in [0.25, 0.3) is 0 Å². The van der Waals surface area contributed by atoms with Crippen molar-refractivity contribution in [1.29, 1.82) is 0 Å². The molecule has 2 aromatic carbocycles. The number of hydrogen-bond acceptors (Lipinski definition) is 3. The SMILES string of the molecule is C/C=C\c1c(C)sc2ccc(-n3c4cnccc4c4c5ccccc5oc43)cc12.CC. The molecule has 154 valence electrons. The van der Waals surface area contributed by atoms with Crippen LogP contribution in [0.15, 0.2) is 71.4 Å². The zero-order valence-electron chi connectivity index (χ0n) is 18.1. The van der Waals surface area contributed by atoms with Crippen LogP contribution in [0, 0.1) is 6.92 Å². The van der Waals surface area contributed by atoms with Gasteiger partial charge in [0.05, 0.1) is 17.1 Å². The van der Waals surface area contributed by atoms with Gasteiger partial charge in [-0.05, 0) is 49.7 Å². The van der Waals surface area contributed by atoms with Crippen molar-refractivity contribution in [1.82, 2.24) is 9.55 Å². The highest BCUT2D eigenvalue weighted by Gasteiger charge is 2.19. The summed E-state index contributed by atoms with van der Waals surface area (Å²) in [6, 6.07) is 17.0. The van der Waals surface area contributed by atoms with Gasteiger partial charge in [0.2, 0.25) is 5.71 Å². The second kappa shape index (κ2) is 7.71. The number of para-hydroxylation sites is 1. The van der Waals surface area contributed by atoms with Gasteiger partial charge >= 0.3 is 0 Å². The van der Waals surface area contributed by atoms with Crippen LogP contribution in [0.25, 0.3) is 54.8 Å². The number of aromatic nitrogens is 2. The zero-order valence-corrected chi connectivity index (χ0v) is 19.0. The molecule has 0 bridgehead atoms. The van der Waals surface area contributed by atoms with E-state index in [0.29, 0.717) is 0 Å². The van der Waals surface area contributed by atoms with Crippen molar-refractivity contribution in [2.75, 3.05) is 0 Å². The summed E-state index contributed by atoms with van der Waals surface area (Å²) in [5.41, 5.74) is 5.23. The molecule has 0 atom stereocenters. The van der Waals surface area contributed by atoms with Crippen LogP contribution in [0.1, 0.15) is 31.2 Å². The number of benzene rings is 2. The fraction of sp³-hybridized carbons (Fsp3) is 0.148. The highest BCUT2D eigenvalue weighted by atomic mass is 32.1. The molecule has 0 amide bonds. The quantitative estimate of drug-likeness (QED) is 0.279. The van der Waals surface area contributed by atoms with E-state index in [-0.39, 0.29) is 0 Å². The van der Waals surface area contributed by atoms with Crippen molar-refractivity contribution in [3.8, 4) is 5.69 Å². The predicted molar refractivity (Wildman–Crippen MR) is 135 cm³/mol. The lowest BCUT2D eigenvalue weighted by Crippen LogP contribution is -1.93. The summed E-state index contributed by atoms with van der Waals surface area (Å²) >= 11 is 1.84. The van der Waals surface area contributed by atoms with Gasteiger partial charge in [0, 0.05) is 37.6 Å². The van der Waals surface area contributed by atoms with Crippen molar-refractivity contribution in [2.45, 2.75) is 27.7 Å². The molecule has 0 unspecified atom stereocenters. The molecule has 0 aliphatic rings. The topological polar surface area (TPSA) is 31.0 Å². The number of furan rings is 1. The van der Waals surface area contributed by atoms with Gasteiger partial charge in [-0.2, -0.15) is 0 Å². The summed E-state index contributed by atoms with van der Waals surface area (Å²) in [5, 5.41) is 4.72. The summed E-state index contributed by atoms with van der Waals surface area (Å²) < 4.78 is 9.84. The third kappa shape index (κ3) is 2.90. The zero-order chi connectivity index (χ0) is 21.5. The van der Waals surface area contributed by atoms with E-state index in [1.807, 2.05) is 49.7 Å². The average molecular weight is 425 g/mol. The fourth-order valence-electron chi connectivity index (χ4n) is 4.33. The van der Waals surface area contributed by atoms with Crippen molar-refractivity contribution in [3.05, 3.63) is 77.4 Å². The van der Waals surface area contributed by atoms with E-state index in [2.05, 4.69) is 71.9 Å². The molecule has 3 nitrogen and oxygen atoms in total. The highest BCUT2D eigenvalue weighted by molar-refractivity contribution is 7.19. The van der Waals surface area contributed by atoms with E-state index in [0.717, 1.165) is 38.7 Å². The smallest absolute Gasteiger partial charge is 0.213 e. The van der Waals surface area contributed by atoms with E-state index in [1.165, 1.54) is 20.5 Å². The minimum Gasteiger partial charge on any atom is -0.439 e. The van der Waals surface area contributed by atoms with Gasteiger partial charge in [0.1, 0.15) is 5.58 Å². The maximum absolute atomic E-state index is 6.34. The first-order chi connectivity index (χ1) is 15.3. The van der Waals surface area contributed by atoms with E-state index in [9.17, 15) is 0 Å². The fourth-order valence-corrected chi connectivity index (χ4v) is 5.36. The minimum atomic E-state index is 0.869. The molecule has 6 rings (SSSR count). The van der Waals surface area contributed by atoms with Gasteiger partial charge < -0.3 is 4.42 Å². The molecule has 0 aliphatic heterocycles. The third-order valence-electron chi connectivity index (χ3n) is 5.58. The molecule has 0 saturated heterocycles. The number of aryl methyl sites for hydroxylation is 1. The number of pyridine rings is 1. The van der Waals surface area contributed by atoms with Gasteiger partial charge in [-0.15, -0.1) is 11.3 Å². The first kappa shape index (κ1) is 19.6. The molecule has 4 heterocycles. The summed E-state index contributed by atoms with van der Waals surface area (Å²) in [7, 11) is 0. The van der Waals surface area contributed by atoms with Crippen LogP contribution in [-0.4, -0.2) is 9.55 Å². The Labute approximate surface area is 185 Å². The molecule has 0 radical (unpaired) electrons. The standard InChI is InChI=1S/C25H18N2OS.C2H6/c1-3-6-17-15(2)29-23-10-9-16(13-20(17)23)27-21-14-26-12-11-18(21)24-19-7-4-5-8-22(19)28-25(24)27;1-2/h3-14H,1-2H3;1-2H3/b6-3-;. The monoisotopic (exact) mass is 424 g/mol. The molecular formula is C27H24N2OS. The molecule has 0 aliphatic carbocycles. The Hall–Kier alpha value is -3.37. The number of hydrogen-bond donors (Lipinski definition) is 0. The Bertz CT molecular complexity index is 1580. The van der Waals surface area contributed by atoms with Crippen LogP contribution in [0.2, 0.25) is 0 Å².